The predicted molar refractivity (Wildman–Crippen MR) is 76.4 cm³/mol. The van der Waals surface area contributed by atoms with Crippen molar-refractivity contribution in [2.45, 2.75) is 24.5 Å². The molecule has 0 saturated carbocycles. The van der Waals surface area contributed by atoms with Gasteiger partial charge in [-0.05, 0) is 31.2 Å². The van der Waals surface area contributed by atoms with Crippen LogP contribution >= 0.6 is 11.8 Å². The molecule has 0 spiro atoms. The maximum atomic E-state index is 13.7. The van der Waals surface area contributed by atoms with Gasteiger partial charge in [-0.15, -0.1) is 0 Å². The maximum Gasteiger partial charge on any atom is 0.327 e. The van der Waals surface area contributed by atoms with Crippen molar-refractivity contribution in [3.63, 3.8) is 0 Å². The number of thioether (sulfide) groups is 1. The van der Waals surface area contributed by atoms with E-state index in [1.165, 1.54) is 6.07 Å². The second-order valence-corrected chi connectivity index (χ2v) is 5.80. The highest BCUT2D eigenvalue weighted by molar-refractivity contribution is 7.99. The Hall–Kier alpha value is -1.30. The van der Waals surface area contributed by atoms with Crippen LogP contribution in [0.5, 0.6) is 0 Å². The third kappa shape index (κ3) is 3.18. The Morgan fingerprint density at radius 1 is 1.47 bits per heavy atom. The molecule has 1 fully saturated rings. The quantitative estimate of drug-likeness (QED) is 0.630. The molecule has 1 aromatic rings. The molecule has 0 aliphatic carbocycles. The first-order valence-corrected chi connectivity index (χ1v) is 7.63. The van der Waals surface area contributed by atoms with Gasteiger partial charge in [0.2, 0.25) is 5.82 Å². The molecule has 0 N–H and O–H groups in total. The van der Waals surface area contributed by atoms with E-state index in [9.17, 15) is 14.5 Å². The van der Waals surface area contributed by atoms with Crippen LogP contribution in [-0.2, 0) is 0 Å². The smallest absolute Gasteiger partial charge is 0.327 e. The largest absolute Gasteiger partial charge is 0.365 e. The van der Waals surface area contributed by atoms with Crippen LogP contribution < -0.4 is 4.90 Å². The van der Waals surface area contributed by atoms with Crippen molar-refractivity contribution in [1.82, 2.24) is 0 Å². The topological polar surface area (TPSA) is 46.4 Å². The first-order chi connectivity index (χ1) is 9.13. The average molecular weight is 284 g/mol. The summed E-state index contributed by atoms with van der Waals surface area (Å²) in [7, 11) is 0. The molecule has 0 amide bonds. The molecule has 1 aliphatic rings. The summed E-state index contributed by atoms with van der Waals surface area (Å²) in [5.74, 6) is -0.757. The van der Waals surface area contributed by atoms with E-state index in [0.29, 0.717) is 10.9 Å². The zero-order chi connectivity index (χ0) is 13.8. The average Bonchev–Trinajstić information content (AvgIpc) is 2.63. The van der Waals surface area contributed by atoms with Gasteiger partial charge in [-0.25, -0.2) is 0 Å². The summed E-state index contributed by atoms with van der Waals surface area (Å²) < 4.78 is 13.7. The number of para-hydroxylation sites is 1. The Kier molecular flexibility index (Phi) is 4.63. The van der Waals surface area contributed by atoms with Crippen molar-refractivity contribution in [2.75, 3.05) is 24.2 Å². The molecule has 1 aromatic carbocycles. The zero-order valence-corrected chi connectivity index (χ0v) is 11.7. The van der Waals surface area contributed by atoms with E-state index in [1.807, 2.05) is 11.2 Å². The van der Waals surface area contributed by atoms with Gasteiger partial charge in [-0.1, -0.05) is 12.5 Å². The lowest BCUT2D eigenvalue weighted by molar-refractivity contribution is -0.386. The zero-order valence-electron chi connectivity index (χ0n) is 10.8. The Morgan fingerprint density at radius 3 is 2.95 bits per heavy atom. The highest BCUT2D eigenvalue weighted by Gasteiger charge is 2.26. The van der Waals surface area contributed by atoms with Crippen molar-refractivity contribution in [3.8, 4) is 0 Å². The second-order valence-electron chi connectivity index (χ2n) is 4.66. The fourth-order valence-electron chi connectivity index (χ4n) is 2.45. The molecule has 4 nitrogen and oxygen atoms in total. The highest BCUT2D eigenvalue weighted by atomic mass is 32.2. The summed E-state index contributed by atoms with van der Waals surface area (Å²) in [6.07, 6.45) is 5.27. The number of anilines is 1. The van der Waals surface area contributed by atoms with Crippen LogP contribution in [0.15, 0.2) is 18.2 Å². The Bertz CT molecular complexity index is 470. The number of nitro groups is 1. The minimum absolute atomic E-state index is 0.399. The molecule has 2 rings (SSSR count). The fourth-order valence-corrected chi connectivity index (χ4v) is 3.19. The lowest BCUT2D eigenvalue weighted by Crippen LogP contribution is -2.30. The second kappa shape index (κ2) is 6.23. The van der Waals surface area contributed by atoms with Gasteiger partial charge in [-0.3, -0.25) is 10.1 Å². The lowest BCUT2D eigenvalue weighted by Gasteiger charge is -2.25. The van der Waals surface area contributed by atoms with E-state index in [2.05, 4.69) is 0 Å². The van der Waals surface area contributed by atoms with Gasteiger partial charge in [0.1, 0.15) is 5.69 Å². The highest BCUT2D eigenvalue weighted by Crippen LogP contribution is 2.33. The van der Waals surface area contributed by atoms with Gasteiger partial charge in [0.25, 0.3) is 0 Å². The van der Waals surface area contributed by atoms with Gasteiger partial charge < -0.3 is 4.90 Å². The van der Waals surface area contributed by atoms with Crippen molar-refractivity contribution in [3.05, 3.63) is 34.1 Å². The normalized spacial score (nSPS) is 20.1. The van der Waals surface area contributed by atoms with Crippen molar-refractivity contribution >= 4 is 23.1 Å². The fraction of sp³-hybridized carbons (Fsp3) is 0.538. The molecule has 104 valence electrons. The standard InChI is InChI=1S/C13H17FN2O2S/c1-19-10-5-2-3-8-15(9-10)12-7-4-6-11(14)13(12)16(17)18/h4,6-7,10H,2-3,5,8-9H2,1H3. The number of hydrogen-bond donors (Lipinski definition) is 0. The summed E-state index contributed by atoms with van der Waals surface area (Å²) in [6.45, 7) is 1.49. The van der Waals surface area contributed by atoms with Gasteiger partial charge in [0.05, 0.1) is 4.92 Å². The van der Waals surface area contributed by atoms with E-state index in [1.54, 1.807) is 17.8 Å². The predicted octanol–water partition coefficient (Wildman–Crippen LogP) is 3.46. The molecule has 1 saturated heterocycles. The number of benzene rings is 1. The third-order valence-corrected chi connectivity index (χ3v) is 4.50. The number of nitrogens with zero attached hydrogens (tertiary/aromatic N) is 2. The Labute approximate surface area is 116 Å². The number of rotatable bonds is 3. The molecule has 1 heterocycles. The molecule has 1 unspecified atom stereocenters. The van der Waals surface area contributed by atoms with Crippen LogP contribution in [0.25, 0.3) is 0 Å². The van der Waals surface area contributed by atoms with Gasteiger partial charge in [-0.2, -0.15) is 16.2 Å². The van der Waals surface area contributed by atoms with E-state index < -0.39 is 16.4 Å². The summed E-state index contributed by atoms with van der Waals surface area (Å²) in [4.78, 5) is 12.4. The summed E-state index contributed by atoms with van der Waals surface area (Å²) in [6, 6.07) is 4.33. The first-order valence-electron chi connectivity index (χ1n) is 6.34. The Morgan fingerprint density at radius 2 is 2.26 bits per heavy atom. The number of halogens is 1. The van der Waals surface area contributed by atoms with Crippen LogP contribution in [0.3, 0.4) is 0 Å². The van der Waals surface area contributed by atoms with Gasteiger partial charge in [0.15, 0.2) is 0 Å². The number of hydrogen-bond acceptors (Lipinski definition) is 4. The lowest BCUT2D eigenvalue weighted by atomic mass is 10.2. The monoisotopic (exact) mass is 284 g/mol. The van der Waals surface area contributed by atoms with Crippen LogP contribution in [0.1, 0.15) is 19.3 Å². The molecule has 0 aromatic heterocycles. The van der Waals surface area contributed by atoms with Gasteiger partial charge >= 0.3 is 5.69 Å². The molecule has 0 radical (unpaired) electrons. The van der Waals surface area contributed by atoms with E-state index >= 15 is 0 Å². The molecule has 6 heteroatoms. The van der Waals surface area contributed by atoms with Crippen molar-refractivity contribution in [1.29, 1.82) is 0 Å². The van der Waals surface area contributed by atoms with Crippen molar-refractivity contribution < 1.29 is 9.31 Å². The molecule has 0 bridgehead atoms. The molecule has 1 aliphatic heterocycles. The van der Waals surface area contributed by atoms with Crippen LogP contribution in [0, 0.1) is 15.9 Å². The Balaban J connectivity index is 2.34. The summed E-state index contributed by atoms with van der Waals surface area (Å²) >= 11 is 1.77. The van der Waals surface area contributed by atoms with E-state index in [-0.39, 0.29) is 0 Å². The summed E-state index contributed by atoms with van der Waals surface area (Å²) in [5, 5.41) is 11.5. The van der Waals surface area contributed by atoms with Crippen molar-refractivity contribution in [2.24, 2.45) is 0 Å². The molecular weight excluding hydrogens is 267 g/mol. The number of nitro benzene ring substituents is 1. The van der Waals surface area contributed by atoms with Crippen LogP contribution in [-0.4, -0.2) is 29.5 Å². The SMILES string of the molecule is CSC1CCCCN(c2cccc(F)c2[N+](=O)[O-])C1. The minimum Gasteiger partial charge on any atom is -0.365 e. The van der Waals surface area contributed by atoms with Crippen LogP contribution in [0.2, 0.25) is 0 Å². The summed E-state index contributed by atoms with van der Waals surface area (Å²) in [5.41, 5.74) is 0.00945. The minimum atomic E-state index is -0.757. The van der Waals surface area contributed by atoms with Crippen LogP contribution in [0.4, 0.5) is 15.8 Å². The molecule has 19 heavy (non-hydrogen) atoms. The first kappa shape index (κ1) is 14.1. The third-order valence-electron chi connectivity index (χ3n) is 3.45. The maximum absolute atomic E-state index is 13.7. The van der Waals surface area contributed by atoms with E-state index in [0.717, 1.165) is 38.4 Å². The van der Waals surface area contributed by atoms with E-state index in [4.69, 9.17) is 0 Å². The molecular formula is C13H17FN2O2S. The van der Waals surface area contributed by atoms with Gasteiger partial charge in [0, 0.05) is 18.3 Å². The molecule has 1 atom stereocenters.